The third kappa shape index (κ3) is 4.34. The molecule has 0 spiro atoms. The van der Waals surface area contributed by atoms with Crippen molar-refractivity contribution in [2.45, 2.75) is 27.7 Å². The summed E-state index contributed by atoms with van der Waals surface area (Å²) in [5.41, 5.74) is 1.67. The summed E-state index contributed by atoms with van der Waals surface area (Å²) >= 11 is 0. The van der Waals surface area contributed by atoms with Gasteiger partial charge in [0.1, 0.15) is 5.41 Å². The minimum absolute atomic E-state index is 0.186. The number of nitrogens with one attached hydrogen (secondary N) is 1. The minimum atomic E-state index is -1.22. The number of aryl methyl sites for hydroxylation is 2. The predicted molar refractivity (Wildman–Crippen MR) is 110 cm³/mol. The molecule has 0 atom stereocenters. The third-order valence-corrected chi connectivity index (χ3v) is 5.45. The second-order valence-electron chi connectivity index (χ2n) is 7.94. The maximum atomic E-state index is 13.0. The number of nitrogens with zero attached hydrogens (tertiary/aromatic N) is 2. The summed E-state index contributed by atoms with van der Waals surface area (Å²) in [7, 11) is 0. The molecule has 1 aromatic heterocycles. The lowest BCUT2D eigenvalue weighted by Crippen LogP contribution is -2.55. The van der Waals surface area contributed by atoms with Crippen LogP contribution in [0.1, 0.15) is 35.5 Å². The molecule has 0 bridgehead atoms. The molecule has 1 N–H and O–H groups in total. The van der Waals surface area contributed by atoms with Crippen LogP contribution < -0.4 is 5.32 Å². The zero-order chi connectivity index (χ0) is 21.2. The molecule has 1 aromatic carbocycles. The van der Waals surface area contributed by atoms with Crippen LogP contribution >= 0.6 is 0 Å². The second kappa shape index (κ2) is 8.11. The van der Waals surface area contributed by atoms with Crippen molar-refractivity contribution in [3.63, 3.8) is 0 Å². The quantitative estimate of drug-likeness (QED) is 0.804. The van der Waals surface area contributed by atoms with E-state index in [1.54, 1.807) is 35.8 Å². The average molecular weight is 397 g/mol. The fourth-order valence-corrected chi connectivity index (χ4v) is 3.27. The van der Waals surface area contributed by atoms with E-state index in [0.29, 0.717) is 31.9 Å². The molecule has 1 saturated heterocycles. The first-order valence-electron chi connectivity index (χ1n) is 9.71. The normalized spacial score (nSPS) is 14.6. The zero-order valence-corrected chi connectivity index (χ0v) is 17.3. The van der Waals surface area contributed by atoms with E-state index >= 15 is 0 Å². The lowest BCUT2D eigenvalue weighted by atomic mass is 9.89. The Hall–Kier alpha value is -3.09. The summed E-state index contributed by atoms with van der Waals surface area (Å²) < 4.78 is 5.16. The van der Waals surface area contributed by atoms with Gasteiger partial charge in [-0.05, 0) is 63.1 Å². The van der Waals surface area contributed by atoms with E-state index in [4.69, 9.17) is 4.42 Å². The Balaban J connectivity index is 1.60. The average Bonchev–Trinajstić information content (AvgIpc) is 3.24. The molecule has 1 aliphatic rings. The van der Waals surface area contributed by atoms with Crippen LogP contribution in [0.4, 0.5) is 5.69 Å². The largest absolute Gasteiger partial charge is 0.459 e. The number of amides is 3. The van der Waals surface area contributed by atoms with Crippen molar-refractivity contribution >= 4 is 23.4 Å². The molecule has 0 radical (unpaired) electrons. The Morgan fingerprint density at radius 3 is 2.21 bits per heavy atom. The first-order valence-corrected chi connectivity index (χ1v) is 9.71. The number of carbonyl (C=O) groups excluding carboxylic acids is 3. The van der Waals surface area contributed by atoms with E-state index < -0.39 is 5.41 Å². The fourth-order valence-electron chi connectivity index (χ4n) is 3.27. The van der Waals surface area contributed by atoms with Gasteiger partial charge in [0.15, 0.2) is 5.76 Å². The molecule has 0 unspecified atom stereocenters. The Morgan fingerprint density at radius 2 is 1.62 bits per heavy atom. The minimum Gasteiger partial charge on any atom is -0.459 e. The number of furan rings is 1. The summed E-state index contributed by atoms with van der Waals surface area (Å²) in [5, 5.41) is 2.85. The Labute approximate surface area is 170 Å². The van der Waals surface area contributed by atoms with Gasteiger partial charge in [0, 0.05) is 31.9 Å². The SMILES string of the molecule is Cc1ccc(NC(=O)C(C)(C)C(=O)N2CCN(C(=O)c3ccco3)CC2)cc1C. The van der Waals surface area contributed by atoms with Crippen LogP contribution in [0.25, 0.3) is 0 Å². The molecule has 2 heterocycles. The van der Waals surface area contributed by atoms with Gasteiger partial charge < -0.3 is 19.5 Å². The number of anilines is 1. The van der Waals surface area contributed by atoms with Crippen molar-refractivity contribution in [1.82, 2.24) is 9.80 Å². The number of rotatable bonds is 4. The summed E-state index contributed by atoms with van der Waals surface area (Å²) in [4.78, 5) is 41.5. The van der Waals surface area contributed by atoms with E-state index in [0.717, 1.165) is 11.1 Å². The lowest BCUT2D eigenvalue weighted by Gasteiger charge is -2.37. The first kappa shape index (κ1) is 20.6. The molecule has 3 amide bonds. The lowest BCUT2D eigenvalue weighted by molar-refractivity contribution is -0.147. The highest BCUT2D eigenvalue weighted by atomic mass is 16.3. The molecule has 7 nitrogen and oxygen atoms in total. The smallest absolute Gasteiger partial charge is 0.289 e. The summed E-state index contributed by atoms with van der Waals surface area (Å²) in [6.45, 7) is 8.81. The van der Waals surface area contributed by atoms with Crippen molar-refractivity contribution in [2.24, 2.45) is 5.41 Å². The summed E-state index contributed by atoms with van der Waals surface area (Å²) in [6, 6.07) is 8.96. The van der Waals surface area contributed by atoms with Crippen molar-refractivity contribution < 1.29 is 18.8 Å². The van der Waals surface area contributed by atoms with Crippen molar-refractivity contribution in [2.75, 3.05) is 31.5 Å². The van der Waals surface area contributed by atoms with E-state index in [1.807, 2.05) is 32.0 Å². The Kier molecular flexibility index (Phi) is 5.77. The number of hydrogen-bond acceptors (Lipinski definition) is 4. The predicted octanol–water partition coefficient (Wildman–Crippen LogP) is 2.85. The van der Waals surface area contributed by atoms with Crippen LogP contribution in [0.15, 0.2) is 41.0 Å². The van der Waals surface area contributed by atoms with Crippen LogP contribution in [0, 0.1) is 19.3 Å². The molecule has 1 aliphatic heterocycles. The number of benzene rings is 1. The van der Waals surface area contributed by atoms with Gasteiger partial charge >= 0.3 is 0 Å². The third-order valence-electron chi connectivity index (χ3n) is 5.45. The van der Waals surface area contributed by atoms with Gasteiger partial charge in [-0.2, -0.15) is 0 Å². The maximum Gasteiger partial charge on any atom is 0.289 e. The van der Waals surface area contributed by atoms with Crippen molar-refractivity contribution in [3.8, 4) is 0 Å². The van der Waals surface area contributed by atoms with E-state index in [-0.39, 0.29) is 23.5 Å². The molecule has 0 saturated carbocycles. The molecule has 154 valence electrons. The highest BCUT2D eigenvalue weighted by Gasteiger charge is 2.40. The van der Waals surface area contributed by atoms with E-state index in [1.165, 1.54) is 6.26 Å². The van der Waals surface area contributed by atoms with Gasteiger partial charge in [0.05, 0.1) is 6.26 Å². The van der Waals surface area contributed by atoms with Crippen LogP contribution in [0.2, 0.25) is 0 Å². The monoisotopic (exact) mass is 397 g/mol. The van der Waals surface area contributed by atoms with Crippen molar-refractivity contribution in [1.29, 1.82) is 0 Å². The van der Waals surface area contributed by atoms with Gasteiger partial charge in [0.2, 0.25) is 11.8 Å². The molecule has 0 aliphatic carbocycles. The van der Waals surface area contributed by atoms with Crippen molar-refractivity contribution in [3.05, 3.63) is 53.5 Å². The molecule has 29 heavy (non-hydrogen) atoms. The van der Waals surface area contributed by atoms with Gasteiger partial charge in [0.25, 0.3) is 5.91 Å². The van der Waals surface area contributed by atoms with Crippen LogP contribution in [0.3, 0.4) is 0 Å². The topological polar surface area (TPSA) is 82.9 Å². The number of hydrogen-bond donors (Lipinski definition) is 1. The van der Waals surface area contributed by atoms with E-state index in [9.17, 15) is 14.4 Å². The van der Waals surface area contributed by atoms with Gasteiger partial charge in [-0.3, -0.25) is 14.4 Å². The summed E-state index contributed by atoms with van der Waals surface area (Å²) in [6.07, 6.45) is 1.46. The molecule has 2 aromatic rings. The first-order chi connectivity index (χ1) is 13.7. The van der Waals surface area contributed by atoms with Gasteiger partial charge in [-0.25, -0.2) is 0 Å². The Morgan fingerprint density at radius 1 is 0.966 bits per heavy atom. The number of carbonyl (C=O) groups is 3. The molecule has 7 heteroatoms. The maximum absolute atomic E-state index is 13.0. The molecular formula is C22H27N3O4. The van der Waals surface area contributed by atoms with Gasteiger partial charge in [-0.1, -0.05) is 6.07 Å². The molecule has 3 rings (SSSR count). The fraction of sp³-hybridized carbons (Fsp3) is 0.409. The van der Waals surface area contributed by atoms with E-state index in [2.05, 4.69) is 5.32 Å². The Bertz CT molecular complexity index is 910. The van der Waals surface area contributed by atoms with Crippen LogP contribution in [-0.4, -0.2) is 53.7 Å². The highest BCUT2D eigenvalue weighted by Crippen LogP contribution is 2.24. The van der Waals surface area contributed by atoms with Gasteiger partial charge in [-0.15, -0.1) is 0 Å². The second-order valence-corrected chi connectivity index (χ2v) is 7.94. The molecular weight excluding hydrogens is 370 g/mol. The standard InChI is InChI=1S/C22H27N3O4/c1-15-7-8-17(14-16(15)2)23-20(27)22(3,4)21(28)25-11-9-24(10-12-25)19(26)18-6-5-13-29-18/h5-8,13-14H,9-12H2,1-4H3,(H,23,27). The zero-order valence-electron chi connectivity index (χ0n) is 17.3. The van der Waals surface area contributed by atoms with Crippen LogP contribution in [-0.2, 0) is 9.59 Å². The molecule has 1 fully saturated rings. The van der Waals surface area contributed by atoms with Crippen LogP contribution in [0.5, 0.6) is 0 Å². The summed E-state index contributed by atoms with van der Waals surface area (Å²) in [5.74, 6) is -0.490. The number of piperazine rings is 1. The highest BCUT2D eigenvalue weighted by molar-refractivity contribution is 6.10.